The third-order valence-electron chi connectivity index (χ3n) is 3.91. The molecule has 1 heterocycles. The van der Waals surface area contributed by atoms with Crippen molar-refractivity contribution < 1.29 is 4.79 Å². The lowest BCUT2D eigenvalue weighted by atomic mass is 10.1. The van der Waals surface area contributed by atoms with Crippen molar-refractivity contribution in [2.45, 2.75) is 27.2 Å². The molecule has 3 nitrogen and oxygen atoms in total. The van der Waals surface area contributed by atoms with Gasteiger partial charge in [-0.2, -0.15) is 0 Å². The lowest BCUT2D eigenvalue weighted by Gasteiger charge is -2.09. The average molecular weight is 415 g/mol. The first-order chi connectivity index (χ1) is 11.9. The minimum absolute atomic E-state index is 0.0255. The van der Waals surface area contributed by atoms with Gasteiger partial charge in [-0.3, -0.25) is 4.79 Å². The van der Waals surface area contributed by atoms with E-state index in [9.17, 15) is 4.79 Å². The number of aryl methyl sites for hydroxylation is 3. The molecular formula is C20H19BrN2OS. The van der Waals surface area contributed by atoms with E-state index in [2.05, 4.69) is 57.4 Å². The molecule has 0 aliphatic rings. The molecule has 5 heteroatoms. The summed E-state index contributed by atoms with van der Waals surface area (Å²) >= 11 is 5.02. The van der Waals surface area contributed by atoms with Crippen LogP contribution < -0.4 is 5.32 Å². The van der Waals surface area contributed by atoms with Crippen molar-refractivity contribution in [1.82, 2.24) is 4.98 Å². The Hall–Kier alpha value is -1.98. The summed E-state index contributed by atoms with van der Waals surface area (Å²) in [5.74, 6) is -0.0255. The van der Waals surface area contributed by atoms with E-state index in [0.29, 0.717) is 6.42 Å². The van der Waals surface area contributed by atoms with Gasteiger partial charge in [0.05, 0.1) is 17.1 Å². The number of hydrogen-bond donors (Lipinski definition) is 1. The van der Waals surface area contributed by atoms with Crippen LogP contribution in [-0.2, 0) is 11.2 Å². The predicted octanol–water partition coefficient (Wildman–Crippen LogP) is 5.68. The van der Waals surface area contributed by atoms with Crippen molar-refractivity contribution in [2.24, 2.45) is 0 Å². The highest BCUT2D eigenvalue weighted by Gasteiger charge is 2.15. The molecule has 3 aromatic rings. The van der Waals surface area contributed by atoms with E-state index in [1.807, 2.05) is 32.0 Å². The summed E-state index contributed by atoms with van der Waals surface area (Å²) < 4.78 is 1.00. The van der Waals surface area contributed by atoms with E-state index in [0.717, 1.165) is 36.9 Å². The summed E-state index contributed by atoms with van der Waals surface area (Å²) in [6, 6.07) is 14.1. The van der Waals surface area contributed by atoms with Gasteiger partial charge < -0.3 is 5.32 Å². The monoisotopic (exact) mass is 414 g/mol. The maximum absolute atomic E-state index is 12.5. The fourth-order valence-electron chi connectivity index (χ4n) is 2.63. The number of amides is 1. The highest BCUT2D eigenvalue weighted by Crippen LogP contribution is 2.29. The maximum Gasteiger partial charge on any atom is 0.229 e. The molecule has 0 bridgehead atoms. The predicted molar refractivity (Wildman–Crippen MR) is 108 cm³/mol. The molecule has 0 saturated heterocycles. The Morgan fingerprint density at radius 1 is 1.12 bits per heavy atom. The first-order valence-electron chi connectivity index (χ1n) is 8.02. The molecule has 2 aromatic carbocycles. The molecule has 25 heavy (non-hydrogen) atoms. The number of anilines is 1. The topological polar surface area (TPSA) is 42.0 Å². The maximum atomic E-state index is 12.5. The number of carbonyl (C=O) groups is 1. The Morgan fingerprint density at radius 3 is 2.52 bits per heavy atom. The second-order valence-electron chi connectivity index (χ2n) is 6.05. The lowest BCUT2D eigenvalue weighted by molar-refractivity contribution is -0.115. The Labute approximate surface area is 160 Å². The van der Waals surface area contributed by atoms with Gasteiger partial charge in [0.25, 0.3) is 0 Å². The third kappa shape index (κ3) is 4.35. The minimum Gasteiger partial charge on any atom is -0.326 e. The number of benzene rings is 2. The number of nitrogens with one attached hydrogen (secondary N) is 1. The Bertz CT molecular complexity index is 916. The van der Waals surface area contributed by atoms with Gasteiger partial charge in [-0.1, -0.05) is 45.8 Å². The van der Waals surface area contributed by atoms with Crippen LogP contribution in [0.1, 0.15) is 21.0 Å². The highest BCUT2D eigenvalue weighted by atomic mass is 79.9. The summed E-state index contributed by atoms with van der Waals surface area (Å²) in [6.45, 7) is 6.02. The van der Waals surface area contributed by atoms with Crippen LogP contribution in [0.2, 0.25) is 0 Å². The summed E-state index contributed by atoms with van der Waals surface area (Å²) in [6.07, 6.45) is 0.324. The van der Waals surface area contributed by atoms with E-state index < -0.39 is 0 Å². The van der Waals surface area contributed by atoms with Crippen molar-refractivity contribution in [3.05, 3.63) is 67.9 Å². The van der Waals surface area contributed by atoms with E-state index >= 15 is 0 Å². The number of aromatic nitrogens is 1. The quantitative estimate of drug-likeness (QED) is 0.596. The van der Waals surface area contributed by atoms with Crippen molar-refractivity contribution in [3.63, 3.8) is 0 Å². The molecule has 3 rings (SSSR count). The molecule has 0 radical (unpaired) electrons. The van der Waals surface area contributed by atoms with Crippen LogP contribution in [0.25, 0.3) is 11.3 Å². The second kappa shape index (κ2) is 7.50. The molecule has 1 aromatic heterocycles. The molecule has 0 unspecified atom stereocenters. The Morgan fingerprint density at radius 2 is 1.84 bits per heavy atom. The first-order valence-corrected chi connectivity index (χ1v) is 9.62. The normalized spacial score (nSPS) is 10.7. The van der Waals surface area contributed by atoms with Gasteiger partial charge in [-0.15, -0.1) is 11.3 Å². The number of nitrogens with zero attached hydrogens (tertiary/aromatic N) is 1. The molecule has 1 N–H and O–H groups in total. The summed E-state index contributed by atoms with van der Waals surface area (Å²) in [7, 11) is 0. The van der Waals surface area contributed by atoms with Crippen molar-refractivity contribution in [2.75, 3.05) is 5.32 Å². The van der Waals surface area contributed by atoms with E-state index in [-0.39, 0.29) is 5.91 Å². The van der Waals surface area contributed by atoms with Crippen LogP contribution in [0.15, 0.2) is 46.9 Å². The number of carbonyl (C=O) groups excluding carboxylic acids is 1. The Kier molecular flexibility index (Phi) is 5.35. The van der Waals surface area contributed by atoms with Gasteiger partial charge in [0.1, 0.15) is 0 Å². The molecule has 0 fully saturated rings. The molecule has 1 amide bonds. The van der Waals surface area contributed by atoms with E-state index in [1.165, 1.54) is 5.56 Å². The summed E-state index contributed by atoms with van der Waals surface area (Å²) in [5, 5.41) is 3.97. The lowest BCUT2D eigenvalue weighted by Crippen LogP contribution is -2.15. The second-order valence-corrected chi connectivity index (χ2v) is 8.26. The van der Waals surface area contributed by atoms with Crippen LogP contribution in [-0.4, -0.2) is 10.9 Å². The van der Waals surface area contributed by atoms with Crippen LogP contribution in [0.3, 0.4) is 0 Å². The summed E-state index contributed by atoms with van der Waals surface area (Å²) in [4.78, 5) is 18.1. The molecule has 128 valence electrons. The van der Waals surface area contributed by atoms with Gasteiger partial charge in [-0.25, -0.2) is 4.98 Å². The van der Waals surface area contributed by atoms with Gasteiger partial charge in [0.15, 0.2) is 0 Å². The van der Waals surface area contributed by atoms with Crippen molar-refractivity contribution in [3.8, 4) is 11.3 Å². The zero-order valence-corrected chi connectivity index (χ0v) is 16.8. The third-order valence-corrected chi connectivity index (χ3v) is 5.38. The highest BCUT2D eigenvalue weighted by molar-refractivity contribution is 9.10. The van der Waals surface area contributed by atoms with Gasteiger partial charge in [0, 0.05) is 20.6 Å². The number of thiazole rings is 1. The molecular weight excluding hydrogens is 396 g/mol. The molecule has 0 saturated carbocycles. The molecule has 0 atom stereocenters. The van der Waals surface area contributed by atoms with Gasteiger partial charge in [-0.05, 0) is 44.5 Å². The fourth-order valence-corrected chi connectivity index (χ4v) is 4.07. The zero-order chi connectivity index (χ0) is 18.0. The summed E-state index contributed by atoms with van der Waals surface area (Å²) in [5.41, 5.74) is 5.04. The smallest absolute Gasteiger partial charge is 0.229 e. The van der Waals surface area contributed by atoms with Crippen molar-refractivity contribution >= 4 is 38.9 Å². The van der Waals surface area contributed by atoms with Crippen molar-refractivity contribution in [1.29, 1.82) is 0 Å². The Balaban J connectivity index is 1.81. The largest absolute Gasteiger partial charge is 0.326 e. The van der Waals surface area contributed by atoms with Crippen LogP contribution in [0.4, 0.5) is 5.69 Å². The molecule has 0 aliphatic heterocycles. The van der Waals surface area contributed by atoms with Crippen LogP contribution in [0.5, 0.6) is 0 Å². The van der Waals surface area contributed by atoms with E-state index in [4.69, 9.17) is 0 Å². The number of halogens is 1. The van der Waals surface area contributed by atoms with Gasteiger partial charge >= 0.3 is 0 Å². The fraction of sp³-hybridized carbons (Fsp3) is 0.200. The van der Waals surface area contributed by atoms with Crippen LogP contribution >= 0.6 is 27.3 Å². The minimum atomic E-state index is -0.0255. The van der Waals surface area contributed by atoms with E-state index in [1.54, 1.807) is 11.3 Å². The SMILES string of the molecule is Cc1ccc(-c2nc(C)sc2CC(=O)Nc2ccc(Br)cc2C)cc1. The van der Waals surface area contributed by atoms with Gasteiger partial charge in [0.2, 0.25) is 5.91 Å². The molecule has 0 spiro atoms. The first kappa shape index (κ1) is 17.8. The van der Waals surface area contributed by atoms with Crippen LogP contribution in [0, 0.1) is 20.8 Å². The number of rotatable bonds is 4. The standard InChI is InChI=1S/C20H19BrN2OS/c1-12-4-6-15(7-5-12)20-18(25-14(3)22-20)11-19(24)23-17-9-8-16(21)10-13(17)2/h4-10H,11H2,1-3H3,(H,23,24). The number of hydrogen-bond acceptors (Lipinski definition) is 3. The zero-order valence-electron chi connectivity index (χ0n) is 14.4. The molecule has 0 aliphatic carbocycles. The average Bonchev–Trinajstić information content (AvgIpc) is 2.91.